The molecule has 0 bridgehead atoms. The number of aryl methyl sites for hydroxylation is 1. The van der Waals surface area contributed by atoms with Crippen LogP contribution in [0.5, 0.6) is 17.2 Å². The van der Waals surface area contributed by atoms with Crippen molar-refractivity contribution in [2.24, 2.45) is 0 Å². The maximum absolute atomic E-state index is 13.5. The molecule has 1 aromatic heterocycles. The van der Waals surface area contributed by atoms with Crippen LogP contribution in [0.15, 0.2) is 55.1 Å². The highest BCUT2D eigenvalue weighted by molar-refractivity contribution is 5.43. The molecule has 9 heteroatoms. The van der Waals surface area contributed by atoms with E-state index < -0.39 is 5.60 Å². The standard InChI is InChI=1S/C26H32FN3O5/c1-20-13-22(4-5-23(20)27)35-18-26(31)16-30(9-11-33-17-26)15-21-3-6-24(25(14-21)32-2)34-12-10-29-8-7-28-19-29/h3-8,13-14,19,31H,9-12,15-18H2,1-2H3. The van der Waals surface area contributed by atoms with Gasteiger partial charge in [-0.05, 0) is 48.4 Å². The van der Waals surface area contributed by atoms with Gasteiger partial charge in [-0.1, -0.05) is 6.07 Å². The minimum absolute atomic E-state index is 0.0432. The van der Waals surface area contributed by atoms with Crippen LogP contribution >= 0.6 is 0 Å². The second-order valence-electron chi connectivity index (χ2n) is 8.82. The molecule has 0 amide bonds. The number of ether oxygens (including phenoxy) is 4. The predicted molar refractivity (Wildman–Crippen MR) is 128 cm³/mol. The third kappa shape index (κ3) is 6.94. The van der Waals surface area contributed by atoms with Gasteiger partial charge in [-0.15, -0.1) is 0 Å². The van der Waals surface area contributed by atoms with Gasteiger partial charge in [0.25, 0.3) is 0 Å². The molecule has 0 radical (unpaired) electrons. The third-order valence-electron chi connectivity index (χ3n) is 5.88. The Morgan fingerprint density at radius 1 is 1.17 bits per heavy atom. The first-order valence-corrected chi connectivity index (χ1v) is 11.6. The lowest BCUT2D eigenvalue weighted by molar-refractivity contribution is -0.0646. The van der Waals surface area contributed by atoms with Gasteiger partial charge in [0.1, 0.15) is 30.4 Å². The molecular weight excluding hydrogens is 453 g/mol. The molecule has 35 heavy (non-hydrogen) atoms. The fraction of sp³-hybridized carbons (Fsp3) is 0.423. The SMILES string of the molecule is COc1cc(CN2CCOCC(O)(COc3ccc(F)c(C)c3)C2)ccc1OCCn1ccnc1. The molecule has 1 aliphatic rings. The molecule has 0 spiro atoms. The van der Waals surface area contributed by atoms with Gasteiger partial charge >= 0.3 is 0 Å². The van der Waals surface area contributed by atoms with Gasteiger partial charge in [0.2, 0.25) is 0 Å². The van der Waals surface area contributed by atoms with E-state index in [9.17, 15) is 9.50 Å². The number of β-amino-alcohol motifs (C(OH)–C–C–N with tert-alkyl or cyclic N) is 1. The fourth-order valence-corrected chi connectivity index (χ4v) is 4.01. The smallest absolute Gasteiger partial charge is 0.161 e. The van der Waals surface area contributed by atoms with Crippen molar-refractivity contribution < 1.29 is 28.4 Å². The van der Waals surface area contributed by atoms with Gasteiger partial charge in [0, 0.05) is 32.0 Å². The number of rotatable bonds is 10. The zero-order valence-corrected chi connectivity index (χ0v) is 20.2. The van der Waals surface area contributed by atoms with Crippen LogP contribution in [0.4, 0.5) is 4.39 Å². The van der Waals surface area contributed by atoms with E-state index in [1.54, 1.807) is 38.7 Å². The number of benzene rings is 2. The molecule has 1 N–H and O–H groups in total. The van der Waals surface area contributed by atoms with Crippen LogP contribution < -0.4 is 14.2 Å². The Bertz CT molecular complexity index is 1090. The molecule has 1 atom stereocenters. The summed E-state index contributed by atoms with van der Waals surface area (Å²) in [6.07, 6.45) is 5.38. The minimum atomic E-state index is -1.20. The molecule has 1 aliphatic heterocycles. The van der Waals surface area contributed by atoms with Crippen molar-refractivity contribution in [3.63, 3.8) is 0 Å². The monoisotopic (exact) mass is 485 g/mol. The maximum atomic E-state index is 13.5. The van der Waals surface area contributed by atoms with Gasteiger partial charge < -0.3 is 28.6 Å². The summed E-state index contributed by atoms with van der Waals surface area (Å²) in [5.41, 5.74) is 0.332. The van der Waals surface area contributed by atoms with Gasteiger partial charge in [-0.3, -0.25) is 4.90 Å². The number of hydrogen-bond acceptors (Lipinski definition) is 7. The highest BCUT2D eigenvalue weighted by Crippen LogP contribution is 2.29. The molecule has 8 nitrogen and oxygen atoms in total. The molecule has 1 fully saturated rings. The highest BCUT2D eigenvalue weighted by atomic mass is 19.1. The number of aromatic nitrogens is 2. The molecule has 1 unspecified atom stereocenters. The van der Waals surface area contributed by atoms with Crippen LogP contribution in [0.2, 0.25) is 0 Å². The summed E-state index contributed by atoms with van der Waals surface area (Å²) in [6, 6.07) is 10.4. The maximum Gasteiger partial charge on any atom is 0.161 e. The zero-order chi connectivity index (χ0) is 24.7. The van der Waals surface area contributed by atoms with Crippen molar-refractivity contribution >= 4 is 0 Å². The summed E-state index contributed by atoms with van der Waals surface area (Å²) >= 11 is 0. The van der Waals surface area contributed by atoms with Crippen LogP contribution in [0.1, 0.15) is 11.1 Å². The average Bonchev–Trinajstić information content (AvgIpc) is 3.30. The lowest BCUT2D eigenvalue weighted by Crippen LogP contribution is -2.48. The van der Waals surface area contributed by atoms with E-state index in [0.717, 1.165) is 5.56 Å². The fourth-order valence-electron chi connectivity index (χ4n) is 4.01. The second-order valence-corrected chi connectivity index (χ2v) is 8.82. The Morgan fingerprint density at radius 2 is 2.06 bits per heavy atom. The van der Waals surface area contributed by atoms with Crippen molar-refractivity contribution in [3.8, 4) is 17.2 Å². The van der Waals surface area contributed by atoms with Crippen LogP contribution in [-0.4, -0.2) is 71.8 Å². The van der Waals surface area contributed by atoms with Gasteiger partial charge in [0.15, 0.2) is 11.5 Å². The largest absolute Gasteiger partial charge is 0.493 e. The van der Waals surface area contributed by atoms with Gasteiger partial charge in [-0.2, -0.15) is 0 Å². The van der Waals surface area contributed by atoms with E-state index in [-0.39, 0.29) is 19.0 Å². The average molecular weight is 486 g/mol. The molecule has 0 aliphatic carbocycles. The van der Waals surface area contributed by atoms with E-state index >= 15 is 0 Å². The van der Waals surface area contributed by atoms with E-state index in [4.69, 9.17) is 18.9 Å². The van der Waals surface area contributed by atoms with Crippen LogP contribution in [0, 0.1) is 12.7 Å². The summed E-state index contributed by atoms with van der Waals surface area (Å²) in [4.78, 5) is 6.15. The lowest BCUT2D eigenvalue weighted by atomic mass is 10.1. The molecule has 0 saturated carbocycles. The van der Waals surface area contributed by atoms with Crippen LogP contribution in [-0.2, 0) is 17.8 Å². The van der Waals surface area contributed by atoms with Gasteiger partial charge in [0.05, 0.1) is 33.2 Å². The number of aliphatic hydroxyl groups is 1. The van der Waals surface area contributed by atoms with Crippen LogP contribution in [0.3, 0.4) is 0 Å². The number of imidazole rings is 1. The Balaban J connectivity index is 1.35. The zero-order valence-electron chi connectivity index (χ0n) is 20.2. The Labute approximate surface area is 204 Å². The van der Waals surface area contributed by atoms with Crippen molar-refractivity contribution in [1.29, 1.82) is 0 Å². The highest BCUT2D eigenvalue weighted by Gasteiger charge is 2.33. The Morgan fingerprint density at radius 3 is 2.83 bits per heavy atom. The lowest BCUT2D eigenvalue weighted by Gasteiger charge is -2.30. The molecule has 2 heterocycles. The molecular formula is C26H32FN3O5. The first-order valence-electron chi connectivity index (χ1n) is 11.6. The van der Waals surface area contributed by atoms with Crippen molar-refractivity contribution in [2.45, 2.75) is 25.6 Å². The van der Waals surface area contributed by atoms with E-state index in [1.165, 1.54) is 6.07 Å². The van der Waals surface area contributed by atoms with E-state index in [1.807, 2.05) is 29.0 Å². The third-order valence-corrected chi connectivity index (χ3v) is 5.88. The number of hydrogen-bond donors (Lipinski definition) is 1. The molecule has 1 saturated heterocycles. The second kappa shape index (κ2) is 11.5. The Hall–Kier alpha value is -3.14. The molecule has 3 aromatic rings. The summed E-state index contributed by atoms with van der Waals surface area (Å²) in [6.45, 7) is 5.22. The predicted octanol–water partition coefficient (Wildman–Crippen LogP) is 3.06. The first-order chi connectivity index (χ1) is 16.9. The summed E-state index contributed by atoms with van der Waals surface area (Å²) < 4.78 is 38.4. The van der Waals surface area contributed by atoms with Crippen molar-refractivity contribution in [3.05, 3.63) is 72.1 Å². The summed E-state index contributed by atoms with van der Waals surface area (Å²) in [5, 5.41) is 11.2. The topological polar surface area (TPSA) is 78.2 Å². The molecule has 188 valence electrons. The van der Waals surface area contributed by atoms with Crippen molar-refractivity contribution in [1.82, 2.24) is 14.5 Å². The van der Waals surface area contributed by atoms with Crippen molar-refractivity contribution in [2.75, 3.05) is 46.6 Å². The summed E-state index contributed by atoms with van der Waals surface area (Å²) in [7, 11) is 1.62. The molecule has 2 aromatic carbocycles. The number of methoxy groups -OCH3 is 1. The Kier molecular flexibility index (Phi) is 8.22. The van der Waals surface area contributed by atoms with E-state index in [2.05, 4.69) is 9.88 Å². The number of halogens is 1. The first kappa shape index (κ1) is 25.0. The van der Waals surface area contributed by atoms with Gasteiger partial charge in [-0.25, -0.2) is 9.37 Å². The normalized spacial score (nSPS) is 18.7. The van der Waals surface area contributed by atoms with Crippen LogP contribution in [0.25, 0.3) is 0 Å². The molecule has 4 rings (SSSR count). The van der Waals surface area contributed by atoms with E-state index in [0.29, 0.717) is 62.2 Å². The summed E-state index contributed by atoms with van der Waals surface area (Å²) in [5.74, 6) is 1.56. The quantitative estimate of drug-likeness (QED) is 0.473. The minimum Gasteiger partial charge on any atom is -0.493 e. The number of nitrogens with zero attached hydrogens (tertiary/aromatic N) is 3.